The average molecular weight is 570 g/mol. The number of amides is 2. The summed E-state index contributed by atoms with van der Waals surface area (Å²) in [5.41, 5.74) is 29.8. The number of unbranched alkanes of at least 4 members (excludes halogenated alkanes) is 2. The topological polar surface area (TPSA) is 189 Å². The molecular weight excluding hydrogens is 523 g/mol. The summed E-state index contributed by atoms with van der Waals surface area (Å²) in [6, 6.07) is 0. The van der Waals surface area contributed by atoms with Crippen molar-refractivity contribution in [3.63, 3.8) is 0 Å². The molecule has 9 nitrogen and oxygen atoms in total. The van der Waals surface area contributed by atoms with E-state index < -0.39 is 30.3 Å². The number of rotatable bonds is 20. The summed E-state index contributed by atoms with van der Waals surface area (Å²) in [5.74, 6) is -0.345. The van der Waals surface area contributed by atoms with Crippen LogP contribution in [0.25, 0.3) is 0 Å². The van der Waals surface area contributed by atoms with Crippen molar-refractivity contribution >= 4 is 68.5 Å². The van der Waals surface area contributed by atoms with Gasteiger partial charge in [0.25, 0.3) is 0 Å². The van der Waals surface area contributed by atoms with E-state index in [0.717, 1.165) is 50.0 Å². The second-order valence-electron chi connectivity index (χ2n) is 8.90. The number of nitrogens with two attached hydrogens (primary N) is 5. The van der Waals surface area contributed by atoms with E-state index in [2.05, 4.69) is 60.8 Å². The fourth-order valence-corrected chi connectivity index (χ4v) is 5.35. The zero-order chi connectivity index (χ0) is 26.8. The molecule has 4 unspecified atom stereocenters. The summed E-state index contributed by atoms with van der Waals surface area (Å²) in [6.07, 6.45) is 6.07. The lowest BCUT2D eigenvalue weighted by Gasteiger charge is -2.34. The van der Waals surface area contributed by atoms with Gasteiger partial charge in [0.1, 0.15) is 0 Å². The first-order valence-corrected chi connectivity index (χ1v) is 14.5. The number of aliphatic imine (C=N–C) groups is 1. The van der Waals surface area contributed by atoms with E-state index in [1.54, 1.807) is 0 Å². The second kappa shape index (κ2) is 21.0. The van der Waals surface area contributed by atoms with Gasteiger partial charge in [-0.05, 0) is 50.0 Å². The van der Waals surface area contributed by atoms with Gasteiger partial charge in [-0.1, -0.05) is 12.8 Å². The molecule has 0 fully saturated rings. The fourth-order valence-electron chi connectivity index (χ4n) is 3.70. The van der Waals surface area contributed by atoms with Gasteiger partial charge in [0, 0.05) is 41.4 Å². The molecule has 2 amide bonds. The van der Waals surface area contributed by atoms with Crippen molar-refractivity contribution < 1.29 is 9.59 Å². The zero-order valence-electron chi connectivity index (χ0n) is 20.5. The van der Waals surface area contributed by atoms with Crippen LogP contribution in [-0.4, -0.2) is 58.5 Å². The van der Waals surface area contributed by atoms with Crippen molar-refractivity contribution in [1.82, 2.24) is 5.32 Å². The molecule has 0 bridgehead atoms. The average Bonchev–Trinajstić information content (AvgIpc) is 2.76. The van der Waals surface area contributed by atoms with E-state index in [0.29, 0.717) is 25.7 Å². The van der Waals surface area contributed by atoms with Crippen LogP contribution >= 0.6 is 50.5 Å². The normalized spacial score (nSPS) is 15.7. The first kappa shape index (κ1) is 35.0. The van der Waals surface area contributed by atoms with Crippen molar-refractivity contribution in [2.75, 3.05) is 11.5 Å². The summed E-state index contributed by atoms with van der Waals surface area (Å²) >= 11 is 17.4. The van der Waals surface area contributed by atoms with Gasteiger partial charge in [0.05, 0.1) is 18.5 Å². The molecule has 0 aromatic heterocycles. The first-order valence-electron chi connectivity index (χ1n) is 12.3. The third-order valence-electron chi connectivity index (χ3n) is 5.76. The molecule has 0 heterocycles. The highest BCUT2D eigenvalue weighted by Gasteiger charge is 2.33. The maximum atomic E-state index is 12.4. The molecule has 0 aromatic rings. The molecule has 0 radical (unpaired) electrons. The molecule has 0 rings (SSSR count). The standard InChI is InChI=1S/C22H47N7O2S4/c23-20(24)19(21(25)26)16(13-28-17(30)7-3-1-5-14(34)9-11-32)22(27)29-18(31)8-4-2-6-15(35)10-12-33/h13-16,19-22,32-35H,1-12,23-27H2,(H,29,31). The minimum atomic E-state index is -0.914. The molecule has 11 N–H and O–H groups in total. The third kappa shape index (κ3) is 17.2. The van der Waals surface area contributed by atoms with E-state index in [1.807, 2.05) is 0 Å². The SMILES string of the molecule is NC(N)C(C(N)N)C(C=NC(=O)CCCCC(S)CCS)C(N)NC(=O)CCCCC(S)CCS. The maximum Gasteiger partial charge on any atom is 0.245 e. The van der Waals surface area contributed by atoms with Gasteiger partial charge in [0.15, 0.2) is 0 Å². The number of carbonyl (C=O) groups is 2. The highest BCUT2D eigenvalue weighted by Crippen LogP contribution is 2.17. The quantitative estimate of drug-likeness (QED) is 0.0449. The Bertz CT molecular complexity index is 606. The highest BCUT2D eigenvalue weighted by atomic mass is 32.1. The van der Waals surface area contributed by atoms with E-state index in [9.17, 15) is 9.59 Å². The monoisotopic (exact) mass is 569 g/mol. The van der Waals surface area contributed by atoms with E-state index in [-0.39, 0.29) is 22.3 Å². The number of hydrogen-bond acceptors (Lipinski definition) is 11. The first-order chi connectivity index (χ1) is 16.5. The smallest absolute Gasteiger partial charge is 0.245 e. The minimum absolute atomic E-state index is 0.218. The molecule has 0 aliphatic rings. The fraction of sp³-hybridized carbons (Fsp3) is 0.864. The molecule has 0 spiro atoms. The molecule has 4 atom stereocenters. The van der Waals surface area contributed by atoms with Gasteiger partial charge < -0.3 is 34.0 Å². The van der Waals surface area contributed by atoms with Crippen LogP contribution < -0.4 is 34.0 Å². The lowest BCUT2D eigenvalue weighted by molar-refractivity contribution is -0.122. The summed E-state index contributed by atoms with van der Waals surface area (Å²) < 4.78 is 0. The van der Waals surface area contributed by atoms with Crippen LogP contribution in [0.4, 0.5) is 0 Å². The summed E-state index contributed by atoms with van der Waals surface area (Å²) in [6.45, 7) is 0. The second-order valence-corrected chi connectivity index (χ2v) is 11.3. The Morgan fingerprint density at radius 1 is 0.771 bits per heavy atom. The zero-order valence-corrected chi connectivity index (χ0v) is 24.1. The van der Waals surface area contributed by atoms with Crippen LogP contribution in [0.5, 0.6) is 0 Å². The van der Waals surface area contributed by atoms with E-state index in [1.165, 1.54) is 6.21 Å². The predicted molar refractivity (Wildman–Crippen MR) is 160 cm³/mol. The number of nitrogens with one attached hydrogen (secondary N) is 1. The third-order valence-corrected chi connectivity index (χ3v) is 7.31. The molecule has 0 saturated heterocycles. The Balaban J connectivity index is 4.91. The van der Waals surface area contributed by atoms with Crippen molar-refractivity contribution in [3.8, 4) is 0 Å². The highest BCUT2D eigenvalue weighted by molar-refractivity contribution is 7.81. The summed E-state index contributed by atoms with van der Waals surface area (Å²) in [5, 5.41) is 3.31. The maximum absolute atomic E-state index is 12.4. The van der Waals surface area contributed by atoms with Gasteiger partial charge >= 0.3 is 0 Å². The Labute approximate surface area is 232 Å². The van der Waals surface area contributed by atoms with Crippen LogP contribution in [-0.2, 0) is 9.59 Å². The van der Waals surface area contributed by atoms with Crippen LogP contribution in [0.15, 0.2) is 4.99 Å². The molecule has 206 valence electrons. The largest absolute Gasteiger partial charge is 0.340 e. The number of thiol groups is 4. The molecule has 0 aliphatic heterocycles. The number of hydrogen-bond donors (Lipinski definition) is 10. The Morgan fingerprint density at radius 2 is 1.26 bits per heavy atom. The van der Waals surface area contributed by atoms with Crippen molar-refractivity contribution in [3.05, 3.63) is 0 Å². The number of nitrogens with zero attached hydrogens (tertiary/aromatic N) is 1. The molecule has 0 aromatic carbocycles. The summed E-state index contributed by atoms with van der Waals surface area (Å²) in [7, 11) is 0. The number of carbonyl (C=O) groups excluding carboxylic acids is 2. The van der Waals surface area contributed by atoms with Crippen molar-refractivity contribution in [1.29, 1.82) is 0 Å². The van der Waals surface area contributed by atoms with Crippen LogP contribution in [0.1, 0.15) is 64.2 Å². The van der Waals surface area contributed by atoms with Crippen LogP contribution in [0.2, 0.25) is 0 Å². The van der Waals surface area contributed by atoms with Gasteiger partial charge in [0.2, 0.25) is 11.8 Å². The minimum Gasteiger partial charge on any atom is -0.340 e. The molecular formula is C22H47N7O2S4. The lowest BCUT2D eigenvalue weighted by atomic mass is 9.86. The van der Waals surface area contributed by atoms with Crippen LogP contribution in [0.3, 0.4) is 0 Å². The predicted octanol–water partition coefficient (Wildman–Crippen LogP) is 1.06. The van der Waals surface area contributed by atoms with Crippen molar-refractivity contribution in [2.45, 2.75) is 93.2 Å². The summed E-state index contributed by atoms with van der Waals surface area (Å²) in [4.78, 5) is 28.8. The van der Waals surface area contributed by atoms with Gasteiger partial charge in [-0.2, -0.15) is 50.5 Å². The lowest BCUT2D eigenvalue weighted by Crippen LogP contribution is -2.61. The van der Waals surface area contributed by atoms with Gasteiger partial charge in [-0.15, -0.1) is 0 Å². The van der Waals surface area contributed by atoms with Crippen molar-refractivity contribution in [2.24, 2.45) is 45.5 Å². The Morgan fingerprint density at radius 3 is 1.71 bits per heavy atom. The Kier molecular flexibility index (Phi) is 21.0. The molecule has 0 saturated carbocycles. The van der Waals surface area contributed by atoms with Crippen LogP contribution in [0, 0.1) is 11.8 Å². The molecule has 35 heavy (non-hydrogen) atoms. The van der Waals surface area contributed by atoms with E-state index in [4.69, 9.17) is 28.7 Å². The van der Waals surface area contributed by atoms with Gasteiger partial charge in [-0.25, -0.2) is 4.99 Å². The Hall–Kier alpha value is 0.01000. The molecule has 0 aliphatic carbocycles. The van der Waals surface area contributed by atoms with E-state index >= 15 is 0 Å². The molecule has 13 heteroatoms. The van der Waals surface area contributed by atoms with Gasteiger partial charge in [-0.3, -0.25) is 9.59 Å².